The van der Waals surface area contributed by atoms with Crippen molar-refractivity contribution in [2.45, 2.75) is 38.6 Å². The summed E-state index contributed by atoms with van der Waals surface area (Å²) in [4.78, 5) is 37.5. The molecule has 2 aliphatic rings. The van der Waals surface area contributed by atoms with Gasteiger partial charge in [-0.05, 0) is 38.2 Å². The number of aliphatic carboxylic acids is 1. The van der Waals surface area contributed by atoms with Crippen LogP contribution in [0.15, 0.2) is 41.8 Å². The highest BCUT2D eigenvalue weighted by atomic mass is 32.1. The summed E-state index contributed by atoms with van der Waals surface area (Å²) in [5.74, 6) is -2.95. The van der Waals surface area contributed by atoms with Crippen molar-refractivity contribution in [3.8, 4) is 11.1 Å². The Hall–Kier alpha value is -2.93. The molecule has 3 N–H and O–H groups in total. The second-order valence-corrected chi connectivity index (χ2v) is 8.83. The normalized spacial score (nSPS) is 20.6. The van der Waals surface area contributed by atoms with Crippen LogP contribution in [0.2, 0.25) is 0 Å². The Balaban J connectivity index is 1.64. The number of carbonyl (C=O) groups is 3. The Morgan fingerprint density at radius 2 is 1.70 bits per heavy atom. The molecule has 6 nitrogen and oxygen atoms in total. The summed E-state index contributed by atoms with van der Waals surface area (Å²) < 4.78 is 0. The first-order valence-corrected chi connectivity index (χ1v) is 11.0. The van der Waals surface area contributed by atoms with Crippen LogP contribution in [0, 0.1) is 18.8 Å². The quantitative estimate of drug-likeness (QED) is 0.605. The van der Waals surface area contributed by atoms with Crippen LogP contribution in [0.5, 0.6) is 0 Å². The van der Waals surface area contributed by atoms with Gasteiger partial charge in [-0.3, -0.25) is 14.4 Å². The SMILES string of the molecule is Cc1ccc(-c2csc(NC(=O)[C@@H]3CC=CC[C@H]3C(=O)O)c2C(=O)NC2CC2)cc1. The summed E-state index contributed by atoms with van der Waals surface area (Å²) in [6.45, 7) is 2.00. The number of allylic oxidation sites excluding steroid dienone is 2. The van der Waals surface area contributed by atoms with E-state index in [-0.39, 0.29) is 17.9 Å². The Kier molecular flexibility index (Phi) is 5.72. The fourth-order valence-electron chi connectivity index (χ4n) is 3.69. The lowest BCUT2D eigenvalue weighted by atomic mass is 9.82. The number of aryl methyl sites for hydroxylation is 1. The molecule has 2 aromatic rings. The minimum absolute atomic E-state index is 0.187. The van der Waals surface area contributed by atoms with Gasteiger partial charge in [0, 0.05) is 17.0 Å². The molecular weight excluding hydrogens is 400 g/mol. The molecular formula is C23H24N2O4S. The average Bonchev–Trinajstić information content (AvgIpc) is 3.45. The molecule has 1 aromatic carbocycles. The van der Waals surface area contributed by atoms with Crippen molar-refractivity contribution in [1.29, 1.82) is 0 Å². The molecule has 2 amide bonds. The van der Waals surface area contributed by atoms with Crippen molar-refractivity contribution in [1.82, 2.24) is 5.32 Å². The third-order valence-corrected chi connectivity index (χ3v) is 6.51. The lowest BCUT2D eigenvalue weighted by Crippen LogP contribution is -2.35. The zero-order chi connectivity index (χ0) is 21.3. The van der Waals surface area contributed by atoms with Crippen LogP contribution in [0.25, 0.3) is 11.1 Å². The summed E-state index contributed by atoms with van der Waals surface area (Å²) in [6, 6.07) is 8.08. The zero-order valence-corrected chi connectivity index (χ0v) is 17.5. The molecule has 1 saturated carbocycles. The maximum Gasteiger partial charge on any atom is 0.307 e. The minimum Gasteiger partial charge on any atom is -0.481 e. The van der Waals surface area contributed by atoms with Gasteiger partial charge < -0.3 is 15.7 Å². The molecule has 7 heteroatoms. The maximum absolute atomic E-state index is 13.0. The number of hydrogen-bond acceptors (Lipinski definition) is 4. The Labute approximate surface area is 179 Å². The fourth-order valence-corrected chi connectivity index (χ4v) is 4.66. The molecule has 30 heavy (non-hydrogen) atoms. The Morgan fingerprint density at radius 3 is 2.33 bits per heavy atom. The predicted molar refractivity (Wildman–Crippen MR) is 117 cm³/mol. The Bertz CT molecular complexity index is 1000. The van der Waals surface area contributed by atoms with Crippen molar-refractivity contribution in [3.63, 3.8) is 0 Å². The van der Waals surface area contributed by atoms with Gasteiger partial charge in [-0.2, -0.15) is 0 Å². The number of nitrogens with one attached hydrogen (secondary N) is 2. The highest BCUT2D eigenvalue weighted by molar-refractivity contribution is 7.15. The van der Waals surface area contributed by atoms with E-state index in [1.54, 1.807) is 6.08 Å². The molecule has 2 aliphatic carbocycles. The summed E-state index contributed by atoms with van der Waals surface area (Å²) >= 11 is 1.29. The van der Waals surface area contributed by atoms with Gasteiger partial charge in [0.1, 0.15) is 5.00 Å². The zero-order valence-electron chi connectivity index (χ0n) is 16.7. The highest BCUT2D eigenvalue weighted by Gasteiger charge is 2.35. The summed E-state index contributed by atoms with van der Waals surface area (Å²) in [7, 11) is 0. The number of anilines is 1. The topological polar surface area (TPSA) is 95.5 Å². The van der Waals surface area contributed by atoms with Gasteiger partial charge in [-0.25, -0.2) is 0 Å². The average molecular weight is 425 g/mol. The molecule has 0 unspecified atom stereocenters. The van der Waals surface area contributed by atoms with E-state index in [1.165, 1.54) is 11.3 Å². The van der Waals surface area contributed by atoms with Gasteiger partial charge in [-0.1, -0.05) is 42.0 Å². The van der Waals surface area contributed by atoms with Crippen LogP contribution in [0.4, 0.5) is 5.00 Å². The van der Waals surface area contributed by atoms with Crippen molar-refractivity contribution in [3.05, 3.63) is 52.9 Å². The van der Waals surface area contributed by atoms with E-state index in [1.807, 2.05) is 42.6 Å². The molecule has 0 aliphatic heterocycles. The maximum atomic E-state index is 13.0. The van der Waals surface area contributed by atoms with Crippen molar-refractivity contribution >= 4 is 34.1 Å². The molecule has 0 spiro atoms. The first-order valence-electron chi connectivity index (χ1n) is 10.1. The molecule has 156 valence electrons. The van der Waals surface area contributed by atoms with E-state index in [0.29, 0.717) is 23.4 Å². The lowest BCUT2D eigenvalue weighted by molar-refractivity contribution is -0.146. The van der Waals surface area contributed by atoms with E-state index < -0.39 is 17.8 Å². The van der Waals surface area contributed by atoms with Crippen molar-refractivity contribution < 1.29 is 19.5 Å². The largest absolute Gasteiger partial charge is 0.481 e. The number of carbonyl (C=O) groups excluding carboxylic acids is 2. The second-order valence-electron chi connectivity index (χ2n) is 7.95. The third-order valence-electron chi connectivity index (χ3n) is 5.62. The predicted octanol–water partition coefficient (Wildman–Crippen LogP) is 4.22. The van der Waals surface area contributed by atoms with E-state index in [9.17, 15) is 19.5 Å². The van der Waals surface area contributed by atoms with Gasteiger partial charge in [-0.15, -0.1) is 11.3 Å². The minimum atomic E-state index is -0.974. The van der Waals surface area contributed by atoms with Crippen molar-refractivity contribution in [2.24, 2.45) is 11.8 Å². The van der Waals surface area contributed by atoms with E-state index >= 15 is 0 Å². The molecule has 0 bridgehead atoms. The Morgan fingerprint density at radius 1 is 1.03 bits per heavy atom. The van der Waals surface area contributed by atoms with Crippen LogP contribution >= 0.6 is 11.3 Å². The monoisotopic (exact) mass is 424 g/mol. The van der Waals surface area contributed by atoms with E-state index in [4.69, 9.17) is 0 Å². The summed E-state index contributed by atoms with van der Waals surface area (Å²) in [5.41, 5.74) is 3.24. The third kappa shape index (κ3) is 4.31. The standard InChI is InChI=1S/C23H24N2O4S/c1-13-6-8-14(9-7-13)18-12-30-22(19(18)21(27)24-15-10-11-15)25-20(26)16-4-2-3-5-17(16)23(28)29/h2-3,6-9,12,15-17H,4-5,10-11H2,1H3,(H,24,27)(H,25,26)(H,28,29)/t16-,17-/m1/s1. The van der Waals surface area contributed by atoms with E-state index in [2.05, 4.69) is 10.6 Å². The number of carboxylic acids is 1. The number of rotatable bonds is 6. The first-order chi connectivity index (χ1) is 14.4. The molecule has 1 aromatic heterocycles. The first kappa shape index (κ1) is 20.3. The molecule has 2 atom stereocenters. The molecule has 4 rings (SSSR count). The van der Waals surface area contributed by atoms with Gasteiger partial charge in [0.2, 0.25) is 5.91 Å². The number of amides is 2. The second kappa shape index (κ2) is 8.44. The van der Waals surface area contributed by atoms with Crippen LogP contribution < -0.4 is 10.6 Å². The van der Waals surface area contributed by atoms with Crippen LogP contribution in [0.3, 0.4) is 0 Å². The van der Waals surface area contributed by atoms with Crippen molar-refractivity contribution in [2.75, 3.05) is 5.32 Å². The van der Waals surface area contributed by atoms with Crippen LogP contribution in [0.1, 0.15) is 41.6 Å². The van der Waals surface area contributed by atoms with Crippen LogP contribution in [-0.4, -0.2) is 28.9 Å². The molecule has 0 saturated heterocycles. The van der Waals surface area contributed by atoms with E-state index in [0.717, 1.165) is 29.5 Å². The fraction of sp³-hybridized carbons (Fsp3) is 0.348. The molecule has 0 radical (unpaired) electrons. The van der Waals surface area contributed by atoms with Crippen LogP contribution in [-0.2, 0) is 9.59 Å². The summed E-state index contributed by atoms with van der Waals surface area (Å²) in [6.07, 6.45) is 6.29. The van der Waals surface area contributed by atoms with Gasteiger partial charge in [0.25, 0.3) is 5.91 Å². The number of benzene rings is 1. The molecule has 1 fully saturated rings. The number of carboxylic acid groups (broad SMARTS) is 1. The van der Waals surface area contributed by atoms with Gasteiger partial charge >= 0.3 is 5.97 Å². The van der Waals surface area contributed by atoms with Gasteiger partial charge in [0.15, 0.2) is 0 Å². The highest BCUT2D eigenvalue weighted by Crippen LogP contribution is 2.37. The number of thiophene rings is 1. The smallest absolute Gasteiger partial charge is 0.307 e. The summed E-state index contributed by atoms with van der Waals surface area (Å²) in [5, 5.41) is 17.7. The molecule has 1 heterocycles. The number of hydrogen-bond donors (Lipinski definition) is 3. The van der Waals surface area contributed by atoms with Gasteiger partial charge in [0.05, 0.1) is 17.4 Å². The lowest BCUT2D eigenvalue weighted by Gasteiger charge is -2.24.